The molecule has 0 radical (unpaired) electrons. The fourth-order valence-corrected chi connectivity index (χ4v) is 1.36. The van der Waals surface area contributed by atoms with E-state index in [0.29, 0.717) is 0 Å². The fourth-order valence-electron chi connectivity index (χ4n) is 1.36. The zero-order valence-electron chi connectivity index (χ0n) is 12.1. The fraction of sp³-hybridized carbons (Fsp3) is 0.375. The second kappa shape index (κ2) is 7.48. The number of ether oxygens (including phenoxy) is 2. The van der Waals surface area contributed by atoms with Crippen LogP contribution < -0.4 is 0 Å². The van der Waals surface area contributed by atoms with Crippen molar-refractivity contribution in [3.8, 4) is 0 Å². The summed E-state index contributed by atoms with van der Waals surface area (Å²) in [6, 6.07) is 9.34. The van der Waals surface area contributed by atoms with Gasteiger partial charge in [0.05, 0.1) is 11.5 Å². The van der Waals surface area contributed by atoms with Crippen molar-refractivity contribution in [3.05, 3.63) is 48.0 Å². The first-order valence-corrected chi connectivity index (χ1v) is 6.52. The van der Waals surface area contributed by atoms with E-state index < -0.39 is 12.1 Å². The van der Waals surface area contributed by atoms with E-state index in [0.717, 1.165) is 5.56 Å². The van der Waals surface area contributed by atoms with Crippen LogP contribution in [0.15, 0.2) is 42.5 Å². The number of hydrogen-bond acceptors (Lipinski definition) is 4. The minimum atomic E-state index is -0.687. The molecule has 108 valence electrons. The van der Waals surface area contributed by atoms with Gasteiger partial charge in [0.1, 0.15) is 12.7 Å². The summed E-state index contributed by atoms with van der Waals surface area (Å²) in [6.45, 7) is 8.86. The number of carbonyl (C=O) groups excluding carboxylic acids is 2. The number of hydrogen-bond donors (Lipinski definition) is 0. The van der Waals surface area contributed by atoms with E-state index in [1.54, 1.807) is 20.8 Å². The Kier molecular flexibility index (Phi) is 5.97. The van der Waals surface area contributed by atoms with Gasteiger partial charge in [-0.3, -0.25) is 4.79 Å². The van der Waals surface area contributed by atoms with Gasteiger partial charge in [0.15, 0.2) is 0 Å². The number of benzene rings is 1. The van der Waals surface area contributed by atoms with Gasteiger partial charge in [-0.1, -0.05) is 50.8 Å². The van der Waals surface area contributed by atoms with Gasteiger partial charge in [0.2, 0.25) is 0 Å². The summed E-state index contributed by atoms with van der Waals surface area (Å²) in [5, 5.41) is 0. The van der Waals surface area contributed by atoms with Gasteiger partial charge in [0, 0.05) is 0 Å². The Labute approximate surface area is 119 Å². The Morgan fingerprint density at radius 3 is 2.30 bits per heavy atom. The standard InChI is InChI=1S/C16H20O4/c1-11(2)15(17)20-13(4)12(3)16(18)19-10-14-8-6-5-7-9-14/h5-9,11,13H,3,10H2,1-2,4H3/t13-/m0/s1. The molecule has 0 aliphatic carbocycles. The summed E-state index contributed by atoms with van der Waals surface area (Å²) in [5.74, 6) is -1.17. The highest BCUT2D eigenvalue weighted by Crippen LogP contribution is 2.11. The Morgan fingerprint density at radius 2 is 1.75 bits per heavy atom. The second-order valence-electron chi connectivity index (χ2n) is 4.82. The van der Waals surface area contributed by atoms with E-state index in [9.17, 15) is 9.59 Å². The molecule has 0 bridgehead atoms. The summed E-state index contributed by atoms with van der Waals surface area (Å²) in [4.78, 5) is 23.2. The molecule has 4 heteroatoms. The molecule has 1 aromatic rings. The van der Waals surface area contributed by atoms with Crippen molar-refractivity contribution < 1.29 is 19.1 Å². The Morgan fingerprint density at radius 1 is 1.15 bits per heavy atom. The van der Waals surface area contributed by atoms with Crippen LogP contribution in [0, 0.1) is 5.92 Å². The summed E-state index contributed by atoms with van der Waals surface area (Å²) in [7, 11) is 0. The van der Waals surface area contributed by atoms with Gasteiger partial charge in [0.25, 0.3) is 0 Å². The van der Waals surface area contributed by atoms with E-state index in [1.807, 2.05) is 30.3 Å². The Bertz CT molecular complexity index is 477. The quantitative estimate of drug-likeness (QED) is 0.592. The molecule has 0 unspecified atom stereocenters. The predicted molar refractivity (Wildman–Crippen MR) is 75.8 cm³/mol. The number of carbonyl (C=O) groups is 2. The van der Waals surface area contributed by atoms with E-state index in [4.69, 9.17) is 9.47 Å². The smallest absolute Gasteiger partial charge is 0.337 e. The summed E-state index contributed by atoms with van der Waals surface area (Å²) in [5.41, 5.74) is 1.02. The van der Waals surface area contributed by atoms with Gasteiger partial charge >= 0.3 is 11.9 Å². The lowest BCUT2D eigenvalue weighted by Crippen LogP contribution is -2.24. The SMILES string of the molecule is C=C(C(=O)OCc1ccccc1)[C@H](C)OC(=O)C(C)C. The van der Waals surface area contributed by atoms with Crippen molar-refractivity contribution in [1.29, 1.82) is 0 Å². The van der Waals surface area contributed by atoms with Crippen LogP contribution in [0.3, 0.4) is 0 Å². The third-order valence-electron chi connectivity index (χ3n) is 2.73. The zero-order valence-corrected chi connectivity index (χ0v) is 12.1. The summed E-state index contributed by atoms with van der Waals surface area (Å²) >= 11 is 0. The molecule has 0 N–H and O–H groups in total. The first-order chi connectivity index (χ1) is 9.41. The molecule has 0 saturated carbocycles. The predicted octanol–water partition coefficient (Wildman–Crippen LogP) is 2.87. The molecule has 0 saturated heterocycles. The van der Waals surface area contributed by atoms with Crippen LogP contribution in [-0.4, -0.2) is 18.0 Å². The van der Waals surface area contributed by atoms with Crippen molar-refractivity contribution in [2.24, 2.45) is 5.92 Å². The molecule has 4 nitrogen and oxygen atoms in total. The Hall–Kier alpha value is -2.10. The minimum absolute atomic E-state index is 0.134. The van der Waals surface area contributed by atoms with Crippen LogP contribution in [0.2, 0.25) is 0 Å². The van der Waals surface area contributed by atoms with Crippen LogP contribution in [0.5, 0.6) is 0 Å². The second-order valence-corrected chi connectivity index (χ2v) is 4.82. The third-order valence-corrected chi connectivity index (χ3v) is 2.73. The molecular weight excluding hydrogens is 256 g/mol. The van der Waals surface area contributed by atoms with Crippen LogP contribution in [0.4, 0.5) is 0 Å². The molecule has 0 heterocycles. The maximum Gasteiger partial charge on any atom is 0.337 e. The zero-order chi connectivity index (χ0) is 15.1. The van der Waals surface area contributed by atoms with Gasteiger partial charge in [-0.05, 0) is 12.5 Å². The van der Waals surface area contributed by atoms with Gasteiger partial charge < -0.3 is 9.47 Å². The summed E-state index contributed by atoms with van der Waals surface area (Å²) < 4.78 is 10.2. The molecular formula is C16H20O4. The average molecular weight is 276 g/mol. The maximum atomic E-state index is 11.8. The molecule has 20 heavy (non-hydrogen) atoms. The highest BCUT2D eigenvalue weighted by Gasteiger charge is 2.21. The molecule has 0 fully saturated rings. The molecule has 0 spiro atoms. The van der Waals surface area contributed by atoms with Crippen LogP contribution in [0.25, 0.3) is 0 Å². The number of esters is 2. The van der Waals surface area contributed by atoms with Crippen molar-refractivity contribution in [3.63, 3.8) is 0 Å². The Balaban J connectivity index is 2.46. The third kappa shape index (κ3) is 4.88. The van der Waals surface area contributed by atoms with Crippen LogP contribution in [-0.2, 0) is 25.7 Å². The van der Waals surface area contributed by atoms with Gasteiger partial charge in [-0.25, -0.2) is 4.79 Å². The topological polar surface area (TPSA) is 52.6 Å². The van der Waals surface area contributed by atoms with Crippen LogP contribution in [0.1, 0.15) is 26.3 Å². The number of rotatable bonds is 6. The van der Waals surface area contributed by atoms with E-state index in [2.05, 4.69) is 6.58 Å². The molecule has 0 amide bonds. The van der Waals surface area contributed by atoms with Crippen molar-refractivity contribution >= 4 is 11.9 Å². The van der Waals surface area contributed by atoms with E-state index in [-0.39, 0.29) is 24.1 Å². The summed E-state index contributed by atoms with van der Waals surface area (Å²) in [6.07, 6.45) is -0.687. The molecule has 0 aliphatic heterocycles. The first kappa shape index (κ1) is 16.0. The molecule has 0 aromatic heterocycles. The molecule has 1 aromatic carbocycles. The highest BCUT2D eigenvalue weighted by atomic mass is 16.6. The van der Waals surface area contributed by atoms with Crippen molar-refractivity contribution in [2.45, 2.75) is 33.5 Å². The van der Waals surface area contributed by atoms with Crippen molar-refractivity contribution in [2.75, 3.05) is 0 Å². The molecule has 0 aliphatic rings. The lowest BCUT2D eigenvalue weighted by molar-refractivity contribution is -0.152. The maximum absolute atomic E-state index is 11.8. The van der Waals surface area contributed by atoms with Crippen LogP contribution >= 0.6 is 0 Å². The highest BCUT2D eigenvalue weighted by molar-refractivity contribution is 5.89. The monoisotopic (exact) mass is 276 g/mol. The lowest BCUT2D eigenvalue weighted by atomic mass is 10.2. The molecule has 1 rings (SSSR count). The lowest BCUT2D eigenvalue weighted by Gasteiger charge is -2.16. The average Bonchev–Trinajstić information content (AvgIpc) is 2.44. The van der Waals surface area contributed by atoms with E-state index in [1.165, 1.54) is 0 Å². The first-order valence-electron chi connectivity index (χ1n) is 6.52. The minimum Gasteiger partial charge on any atom is -0.457 e. The van der Waals surface area contributed by atoms with Gasteiger partial charge in [-0.15, -0.1) is 0 Å². The normalized spacial score (nSPS) is 11.8. The largest absolute Gasteiger partial charge is 0.457 e. The van der Waals surface area contributed by atoms with Crippen molar-refractivity contribution in [1.82, 2.24) is 0 Å². The van der Waals surface area contributed by atoms with E-state index >= 15 is 0 Å². The van der Waals surface area contributed by atoms with Gasteiger partial charge in [-0.2, -0.15) is 0 Å². The molecule has 1 atom stereocenters.